The number of hydrogen-bond donors (Lipinski definition) is 1. The molecule has 0 spiro atoms. The van der Waals surface area contributed by atoms with Gasteiger partial charge < -0.3 is 10.3 Å². The molecule has 3 aliphatic rings. The van der Waals surface area contributed by atoms with E-state index >= 15 is 4.39 Å². The number of benzene rings is 2. The summed E-state index contributed by atoms with van der Waals surface area (Å²) in [5.74, 6) is 0.591. The Hall–Kier alpha value is -4.35. The molecule has 198 valence electrons. The van der Waals surface area contributed by atoms with Crippen molar-refractivity contribution in [1.82, 2.24) is 29.7 Å². The lowest BCUT2D eigenvalue weighted by Gasteiger charge is -2.19. The van der Waals surface area contributed by atoms with Gasteiger partial charge in [-0.15, -0.1) is 5.10 Å². The van der Waals surface area contributed by atoms with Crippen LogP contribution in [0.1, 0.15) is 36.2 Å². The molecule has 0 saturated heterocycles. The zero-order chi connectivity index (χ0) is 27.3. The van der Waals surface area contributed by atoms with E-state index in [-0.39, 0.29) is 40.8 Å². The highest BCUT2D eigenvalue weighted by atomic mass is 35.5. The summed E-state index contributed by atoms with van der Waals surface area (Å²) < 4.78 is 23.6. The highest BCUT2D eigenvalue weighted by Gasteiger charge is 2.56. The maximum absolute atomic E-state index is 15.2. The molecule has 5 heterocycles. The molecule has 13 heteroatoms. The minimum Gasteiger partial charge on any atom is -0.380 e. The number of halogens is 3. The lowest BCUT2D eigenvalue weighted by Crippen LogP contribution is -2.30. The summed E-state index contributed by atoms with van der Waals surface area (Å²) in [5, 5.41) is 13.0. The van der Waals surface area contributed by atoms with Crippen LogP contribution in [0.5, 0.6) is 0 Å². The van der Waals surface area contributed by atoms with Crippen LogP contribution < -0.4 is 11.3 Å². The number of aromatic nitrogens is 6. The van der Waals surface area contributed by atoms with E-state index in [9.17, 15) is 4.79 Å². The van der Waals surface area contributed by atoms with Crippen LogP contribution in [0.4, 0.5) is 10.2 Å². The quantitative estimate of drug-likeness (QED) is 0.286. The van der Waals surface area contributed by atoms with Crippen LogP contribution in [-0.2, 0) is 0 Å². The lowest BCUT2D eigenvalue weighted by molar-refractivity contribution is 0.460. The Labute approximate surface area is 234 Å². The SMILES string of the molecule is Nc1noc2cc(C3=C(F)N=C([C@@H]4[C@H]5C[C@H]5c5nc(-c6cc(Cl)ccc6-n6cc(Cl)nn6)cc(=O)n54)C3)ccc12. The molecule has 2 aliphatic heterocycles. The fourth-order valence-corrected chi connectivity index (χ4v) is 6.23. The summed E-state index contributed by atoms with van der Waals surface area (Å²) in [6.45, 7) is 0. The standard InChI is InChI=1S/C27H17Cl2FN8O2/c28-12-2-4-20(37-10-22(29)34-36-37)17(6-12)18-9-23(39)38-24(15-7-16(15)27(38)33-18)19-8-14(25(30)32-19)11-1-3-13-21(5-11)40-35-26(13)31/h1-6,9-10,15-16,24H,7-8H2,(H2,31,35)/t15-,16+,24-/m0/s1. The van der Waals surface area contributed by atoms with Crippen molar-refractivity contribution in [3.8, 4) is 16.9 Å². The van der Waals surface area contributed by atoms with Gasteiger partial charge in [0.25, 0.3) is 5.56 Å². The van der Waals surface area contributed by atoms with Gasteiger partial charge in [-0.3, -0.25) is 9.36 Å². The number of nitrogens with zero attached hydrogens (tertiary/aromatic N) is 7. The van der Waals surface area contributed by atoms with E-state index in [4.69, 9.17) is 38.4 Å². The average Bonchev–Trinajstić information content (AvgIpc) is 3.21. The van der Waals surface area contributed by atoms with Gasteiger partial charge in [-0.1, -0.05) is 39.6 Å². The Kier molecular flexibility index (Phi) is 4.90. The number of nitrogens with two attached hydrogens (primary N) is 1. The number of aliphatic imine (C=N–C) groups is 1. The van der Waals surface area contributed by atoms with Crippen LogP contribution in [0, 0.1) is 5.92 Å². The zero-order valence-corrected chi connectivity index (χ0v) is 21.9. The maximum atomic E-state index is 15.2. The summed E-state index contributed by atoms with van der Waals surface area (Å²) in [6.07, 6.45) is 2.68. The molecule has 3 atom stereocenters. The topological polar surface area (TPSA) is 130 Å². The van der Waals surface area contributed by atoms with Gasteiger partial charge in [0.15, 0.2) is 16.6 Å². The zero-order valence-electron chi connectivity index (χ0n) is 20.4. The summed E-state index contributed by atoms with van der Waals surface area (Å²) >= 11 is 12.3. The van der Waals surface area contributed by atoms with Crippen molar-refractivity contribution in [1.29, 1.82) is 0 Å². The van der Waals surface area contributed by atoms with Crippen LogP contribution in [0.3, 0.4) is 0 Å². The monoisotopic (exact) mass is 574 g/mol. The van der Waals surface area contributed by atoms with Crippen LogP contribution in [0.25, 0.3) is 33.5 Å². The van der Waals surface area contributed by atoms with E-state index in [1.807, 2.05) is 0 Å². The molecule has 5 aromatic rings. The summed E-state index contributed by atoms with van der Waals surface area (Å²) in [7, 11) is 0. The first-order valence-electron chi connectivity index (χ1n) is 12.5. The Bertz CT molecular complexity index is 2030. The third-order valence-electron chi connectivity index (χ3n) is 7.82. The van der Waals surface area contributed by atoms with Gasteiger partial charge in [-0.2, -0.15) is 4.39 Å². The lowest BCUT2D eigenvalue weighted by atomic mass is 9.97. The third-order valence-corrected chi connectivity index (χ3v) is 8.23. The molecular formula is C27H17Cl2FN8O2. The number of rotatable bonds is 4. The largest absolute Gasteiger partial charge is 0.380 e. The van der Waals surface area contributed by atoms with Crippen LogP contribution in [0.2, 0.25) is 10.2 Å². The average molecular weight is 575 g/mol. The van der Waals surface area contributed by atoms with E-state index in [2.05, 4.69) is 20.5 Å². The molecule has 0 radical (unpaired) electrons. The molecule has 40 heavy (non-hydrogen) atoms. The second kappa shape index (κ2) is 8.33. The molecule has 1 aliphatic carbocycles. The van der Waals surface area contributed by atoms with Crippen LogP contribution in [-0.4, -0.2) is 35.4 Å². The molecule has 0 bridgehead atoms. The summed E-state index contributed by atoms with van der Waals surface area (Å²) in [5.41, 5.74) is 9.43. The van der Waals surface area contributed by atoms with E-state index in [1.165, 1.54) is 10.7 Å². The number of nitrogen functional groups attached to an aromatic ring is 1. The Morgan fingerprint density at radius 1 is 1.12 bits per heavy atom. The summed E-state index contributed by atoms with van der Waals surface area (Å²) in [4.78, 5) is 22.8. The molecular weight excluding hydrogens is 558 g/mol. The van der Waals surface area contributed by atoms with E-state index in [0.29, 0.717) is 55.6 Å². The van der Waals surface area contributed by atoms with Gasteiger partial charge in [0.05, 0.1) is 29.0 Å². The highest BCUT2D eigenvalue weighted by molar-refractivity contribution is 6.31. The molecule has 2 aromatic carbocycles. The van der Waals surface area contributed by atoms with Gasteiger partial charge in [0, 0.05) is 40.3 Å². The molecule has 8 rings (SSSR count). The van der Waals surface area contributed by atoms with Gasteiger partial charge >= 0.3 is 0 Å². The van der Waals surface area contributed by atoms with Crippen molar-refractivity contribution < 1.29 is 8.91 Å². The molecule has 1 fully saturated rings. The molecule has 3 aromatic heterocycles. The predicted octanol–water partition coefficient (Wildman–Crippen LogP) is 5.36. The number of allylic oxidation sites excluding steroid dienone is 1. The first-order valence-corrected chi connectivity index (χ1v) is 13.2. The fraction of sp³-hybridized carbons (Fsp3) is 0.185. The van der Waals surface area contributed by atoms with E-state index in [0.717, 1.165) is 6.42 Å². The van der Waals surface area contributed by atoms with E-state index < -0.39 is 5.95 Å². The van der Waals surface area contributed by atoms with Crippen molar-refractivity contribution >= 4 is 51.3 Å². The van der Waals surface area contributed by atoms with Gasteiger partial charge in [0.2, 0.25) is 5.95 Å². The van der Waals surface area contributed by atoms with E-state index in [1.54, 1.807) is 47.2 Å². The Balaban J connectivity index is 1.16. The Morgan fingerprint density at radius 2 is 2.00 bits per heavy atom. The molecule has 2 N–H and O–H groups in total. The number of hydrogen-bond acceptors (Lipinski definition) is 8. The smallest absolute Gasteiger partial charge is 0.254 e. The highest BCUT2D eigenvalue weighted by Crippen LogP contribution is 2.60. The number of anilines is 1. The van der Waals surface area contributed by atoms with Crippen molar-refractivity contribution in [2.45, 2.75) is 24.8 Å². The minimum atomic E-state index is -0.569. The minimum absolute atomic E-state index is 0.0874. The van der Waals surface area contributed by atoms with Gasteiger partial charge in [-0.25, -0.2) is 14.7 Å². The second-order valence-corrected chi connectivity index (χ2v) is 11.0. The van der Waals surface area contributed by atoms with Crippen LogP contribution in [0.15, 0.2) is 68.9 Å². The summed E-state index contributed by atoms with van der Waals surface area (Å²) in [6, 6.07) is 11.6. The van der Waals surface area contributed by atoms with Crippen LogP contribution >= 0.6 is 23.2 Å². The van der Waals surface area contributed by atoms with Crippen molar-refractivity contribution in [2.24, 2.45) is 10.9 Å². The second-order valence-electron chi connectivity index (χ2n) is 10.1. The first kappa shape index (κ1) is 23.5. The predicted molar refractivity (Wildman–Crippen MR) is 147 cm³/mol. The van der Waals surface area contributed by atoms with Gasteiger partial charge in [0.1, 0.15) is 5.82 Å². The van der Waals surface area contributed by atoms with Crippen molar-refractivity contribution in [3.63, 3.8) is 0 Å². The molecule has 0 unspecified atom stereocenters. The maximum Gasteiger partial charge on any atom is 0.254 e. The van der Waals surface area contributed by atoms with Crippen molar-refractivity contribution in [3.05, 3.63) is 86.5 Å². The fourth-order valence-electron chi connectivity index (χ4n) is 5.93. The molecule has 10 nitrogen and oxygen atoms in total. The first-order chi connectivity index (χ1) is 19.4. The molecule has 1 saturated carbocycles. The Morgan fingerprint density at radius 3 is 2.83 bits per heavy atom. The van der Waals surface area contributed by atoms with Gasteiger partial charge in [-0.05, 0) is 48.2 Å². The molecule has 0 amide bonds. The van der Waals surface area contributed by atoms with Crippen molar-refractivity contribution in [2.75, 3.05) is 5.73 Å². The third kappa shape index (κ3) is 3.47. The number of fused-ring (bicyclic) bond motifs is 4. The normalized spacial score (nSPS) is 21.2.